The van der Waals surface area contributed by atoms with Gasteiger partial charge in [-0.15, -0.1) is 11.8 Å². The topological polar surface area (TPSA) is 12.0 Å². The number of thioether (sulfide) groups is 1. The van der Waals surface area contributed by atoms with Gasteiger partial charge in [0.25, 0.3) is 0 Å². The Balaban J connectivity index is 1.94. The molecule has 0 aliphatic carbocycles. The third-order valence-electron chi connectivity index (χ3n) is 2.63. The molecule has 76 valence electrons. The van der Waals surface area contributed by atoms with E-state index in [4.69, 9.17) is 0 Å². The third-order valence-corrected chi connectivity index (χ3v) is 3.87. The number of aryl methyl sites for hydroxylation is 1. The first kappa shape index (κ1) is 10.1. The molecule has 1 heterocycles. The van der Waals surface area contributed by atoms with Gasteiger partial charge in [0.15, 0.2) is 0 Å². The van der Waals surface area contributed by atoms with Gasteiger partial charge in [-0.2, -0.15) is 0 Å². The van der Waals surface area contributed by atoms with Crippen molar-refractivity contribution in [3.8, 4) is 0 Å². The first-order chi connectivity index (χ1) is 6.74. The van der Waals surface area contributed by atoms with Crippen molar-refractivity contribution in [1.29, 1.82) is 0 Å². The molecule has 1 unspecified atom stereocenters. The largest absolute Gasteiger partial charge is 0.313 e. The van der Waals surface area contributed by atoms with Crippen LogP contribution >= 0.6 is 11.8 Å². The van der Waals surface area contributed by atoms with Gasteiger partial charge in [0.2, 0.25) is 0 Å². The van der Waals surface area contributed by atoms with Crippen LogP contribution in [0.2, 0.25) is 0 Å². The van der Waals surface area contributed by atoms with Crippen LogP contribution in [0.25, 0.3) is 0 Å². The normalized spacial score (nSPS) is 26.7. The number of hydrogen-bond acceptors (Lipinski definition) is 2. The summed E-state index contributed by atoms with van der Waals surface area (Å²) < 4.78 is 0. The number of hydrogen-bond donors (Lipinski definition) is 1. The Bertz CT molecular complexity index is 294. The first-order valence-corrected chi connectivity index (χ1v) is 6.09. The van der Waals surface area contributed by atoms with E-state index in [9.17, 15) is 0 Å². The van der Waals surface area contributed by atoms with Gasteiger partial charge in [-0.05, 0) is 32.4 Å². The molecule has 1 aromatic rings. The summed E-state index contributed by atoms with van der Waals surface area (Å²) in [6.07, 6.45) is 1.29. The van der Waals surface area contributed by atoms with Crippen LogP contribution in [0.3, 0.4) is 0 Å². The molecule has 14 heavy (non-hydrogen) atoms. The Hall–Kier alpha value is -0.470. The van der Waals surface area contributed by atoms with Gasteiger partial charge in [0.05, 0.1) is 0 Å². The maximum Gasteiger partial charge on any atom is 0.0234 e. The lowest BCUT2D eigenvalue weighted by molar-refractivity contribution is 0.665. The van der Waals surface area contributed by atoms with Crippen molar-refractivity contribution < 1.29 is 0 Å². The molecule has 1 aromatic carbocycles. The molecule has 2 atom stereocenters. The van der Waals surface area contributed by atoms with Gasteiger partial charge >= 0.3 is 0 Å². The molecule has 1 N–H and O–H groups in total. The molecule has 0 saturated carbocycles. The van der Waals surface area contributed by atoms with Crippen molar-refractivity contribution in [2.24, 2.45) is 0 Å². The highest BCUT2D eigenvalue weighted by Crippen LogP contribution is 2.28. The molecule has 2 rings (SSSR count). The maximum atomic E-state index is 3.48. The summed E-state index contributed by atoms with van der Waals surface area (Å²) in [4.78, 5) is 1.40. The molecular formula is C12H17NS. The molecule has 0 amide bonds. The fourth-order valence-electron chi connectivity index (χ4n) is 1.79. The second-order valence-electron chi connectivity index (χ2n) is 4.10. The van der Waals surface area contributed by atoms with Crippen LogP contribution in [0.4, 0.5) is 0 Å². The molecule has 1 nitrogen and oxygen atoms in total. The number of nitrogens with one attached hydrogen (secondary N) is 1. The van der Waals surface area contributed by atoms with Gasteiger partial charge in [-0.1, -0.05) is 17.7 Å². The van der Waals surface area contributed by atoms with Crippen molar-refractivity contribution in [2.45, 2.75) is 36.5 Å². The van der Waals surface area contributed by atoms with Crippen molar-refractivity contribution in [2.75, 3.05) is 6.54 Å². The summed E-state index contributed by atoms with van der Waals surface area (Å²) in [6, 6.07) is 9.52. The lowest BCUT2D eigenvalue weighted by Gasteiger charge is -2.08. The van der Waals surface area contributed by atoms with Gasteiger partial charge in [-0.25, -0.2) is 0 Å². The van der Waals surface area contributed by atoms with Crippen LogP contribution in [0, 0.1) is 6.92 Å². The zero-order valence-corrected chi connectivity index (χ0v) is 9.60. The van der Waals surface area contributed by atoms with Crippen LogP contribution in [-0.4, -0.2) is 17.8 Å². The van der Waals surface area contributed by atoms with E-state index in [2.05, 4.69) is 43.4 Å². The summed E-state index contributed by atoms with van der Waals surface area (Å²) in [7, 11) is 0. The van der Waals surface area contributed by atoms with Gasteiger partial charge in [0.1, 0.15) is 0 Å². The Kier molecular flexibility index (Phi) is 3.14. The summed E-state index contributed by atoms with van der Waals surface area (Å²) >= 11 is 2.00. The van der Waals surface area contributed by atoms with Crippen LogP contribution < -0.4 is 5.32 Å². The third kappa shape index (κ3) is 2.52. The maximum absolute atomic E-state index is 3.48. The van der Waals surface area contributed by atoms with Gasteiger partial charge < -0.3 is 5.32 Å². The Morgan fingerprint density at radius 2 is 2.00 bits per heavy atom. The quantitative estimate of drug-likeness (QED) is 0.800. The SMILES string of the molecule is Cc1ccc(SC2CN[C@H](C)C2)cc1. The second kappa shape index (κ2) is 4.37. The molecule has 0 bridgehead atoms. The van der Waals surface area contributed by atoms with E-state index in [1.165, 1.54) is 16.9 Å². The minimum Gasteiger partial charge on any atom is -0.313 e. The van der Waals surface area contributed by atoms with Crippen LogP contribution in [0.5, 0.6) is 0 Å². The summed E-state index contributed by atoms with van der Waals surface area (Å²) in [6.45, 7) is 5.54. The molecule has 1 aliphatic rings. The average molecular weight is 207 g/mol. The summed E-state index contributed by atoms with van der Waals surface area (Å²) in [5.41, 5.74) is 1.34. The predicted octanol–water partition coefficient (Wildman–Crippen LogP) is 2.84. The highest BCUT2D eigenvalue weighted by molar-refractivity contribution is 8.00. The van der Waals surface area contributed by atoms with E-state index >= 15 is 0 Å². The highest BCUT2D eigenvalue weighted by Gasteiger charge is 2.20. The minimum absolute atomic E-state index is 0.693. The standard InChI is InChI=1S/C12H17NS/c1-9-3-5-11(6-4-9)14-12-7-10(2)13-8-12/h3-6,10,12-13H,7-8H2,1-2H3/t10-,12?/m1/s1. The van der Waals surface area contributed by atoms with E-state index in [1.807, 2.05) is 11.8 Å². The van der Waals surface area contributed by atoms with Crippen molar-refractivity contribution in [3.63, 3.8) is 0 Å². The monoisotopic (exact) mass is 207 g/mol. The van der Waals surface area contributed by atoms with E-state index in [0.717, 1.165) is 11.8 Å². The van der Waals surface area contributed by atoms with Crippen LogP contribution in [0.15, 0.2) is 29.2 Å². The molecule has 1 fully saturated rings. The molecule has 0 aromatic heterocycles. The lowest BCUT2D eigenvalue weighted by atomic mass is 10.2. The number of benzene rings is 1. The fraction of sp³-hybridized carbons (Fsp3) is 0.500. The predicted molar refractivity (Wildman–Crippen MR) is 62.9 cm³/mol. The Labute approximate surface area is 90.3 Å². The average Bonchev–Trinajstić information content (AvgIpc) is 2.56. The lowest BCUT2D eigenvalue weighted by Crippen LogP contribution is -2.16. The van der Waals surface area contributed by atoms with E-state index in [0.29, 0.717) is 6.04 Å². The van der Waals surface area contributed by atoms with E-state index in [-0.39, 0.29) is 0 Å². The summed E-state index contributed by atoms with van der Waals surface area (Å²) in [5, 5.41) is 4.24. The van der Waals surface area contributed by atoms with Gasteiger partial charge in [-0.3, -0.25) is 0 Å². The molecule has 0 radical (unpaired) electrons. The fourth-order valence-corrected chi connectivity index (χ4v) is 3.04. The zero-order chi connectivity index (χ0) is 9.97. The van der Waals surface area contributed by atoms with Crippen LogP contribution in [0.1, 0.15) is 18.9 Å². The molecule has 0 spiro atoms. The van der Waals surface area contributed by atoms with Crippen molar-refractivity contribution in [3.05, 3.63) is 29.8 Å². The molecule has 1 saturated heterocycles. The van der Waals surface area contributed by atoms with Crippen molar-refractivity contribution >= 4 is 11.8 Å². The van der Waals surface area contributed by atoms with Crippen LogP contribution in [-0.2, 0) is 0 Å². The summed E-state index contributed by atoms with van der Waals surface area (Å²) in [5.74, 6) is 0. The zero-order valence-electron chi connectivity index (χ0n) is 8.79. The van der Waals surface area contributed by atoms with E-state index in [1.54, 1.807) is 0 Å². The van der Waals surface area contributed by atoms with Crippen molar-refractivity contribution in [1.82, 2.24) is 5.32 Å². The number of rotatable bonds is 2. The smallest absolute Gasteiger partial charge is 0.0234 e. The first-order valence-electron chi connectivity index (χ1n) is 5.21. The van der Waals surface area contributed by atoms with Gasteiger partial charge in [0, 0.05) is 22.7 Å². The highest BCUT2D eigenvalue weighted by atomic mass is 32.2. The molecular weight excluding hydrogens is 190 g/mol. The molecule has 1 aliphatic heterocycles. The molecule has 2 heteroatoms. The minimum atomic E-state index is 0.693. The Morgan fingerprint density at radius 1 is 1.29 bits per heavy atom. The van der Waals surface area contributed by atoms with E-state index < -0.39 is 0 Å². The Morgan fingerprint density at radius 3 is 2.57 bits per heavy atom. The second-order valence-corrected chi connectivity index (χ2v) is 5.47.